The van der Waals surface area contributed by atoms with Crippen molar-refractivity contribution in [3.63, 3.8) is 0 Å². The van der Waals surface area contributed by atoms with E-state index >= 15 is 0 Å². The average Bonchev–Trinajstić information content (AvgIpc) is 2.37. The topological polar surface area (TPSA) is 94.1 Å². The first kappa shape index (κ1) is 20.8. The molecule has 0 bridgehead atoms. The Morgan fingerprint density at radius 2 is 1.42 bits per heavy atom. The number of hydrogen-bond acceptors (Lipinski definition) is 7. The molecule has 9 heteroatoms. The van der Waals surface area contributed by atoms with Crippen LogP contribution in [0.2, 0.25) is 0 Å². The molecule has 0 heterocycles. The van der Waals surface area contributed by atoms with E-state index in [1.54, 1.807) is 33.5 Å². The molecule has 0 aliphatic rings. The van der Waals surface area contributed by atoms with Crippen LogP contribution in [0.1, 0.15) is 0 Å². The van der Waals surface area contributed by atoms with Crippen molar-refractivity contribution in [1.82, 2.24) is 0 Å². The molecule has 1 aromatic carbocycles. The maximum absolute atomic E-state index is 9.22. The molecule has 0 aliphatic heterocycles. The summed E-state index contributed by atoms with van der Waals surface area (Å²) in [7, 11) is 1.20. The molecule has 19 heavy (non-hydrogen) atoms. The molecule has 0 amide bonds. The van der Waals surface area contributed by atoms with E-state index in [0.29, 0.717) is 11.5 Å². The van der Waals surface area contributed by atoms with Crippen molar-refractivity contribution < 1.29 is 60.9 Å². The average molecular weight is 302 g/mol. The summed E-state index contributed by atoms with van der Waals surface area (Å²) in [5.74, 6) is 2.14. The summed E-state index contributed by atoms with van der Waals surface area (Å²) in [5.41, 5.74) is 0. The Bertz CT molecular complexity index is 461. The Labute approximate surface area is 135 Å². The van der Waals surface area contributed by atoms with Crippen LogP contribution in [0, 0.1) is 0 Å². The quantitative estimate of drug-likeness (QED) is 0.354. The molecular weight excluding hydrogens is 287 g/mol. The van der Waals surface area contributed by atoms with Gasteiger partial charge in [-0.2, -0.15) is 0 Å². The molecule has 0 saturated heterocycles. The molecule has 0 spiro atoms. The van der Waals surface area contributed by atoms with E-state index in [1.165, 1.54) is 0 Å². The molecule has 104 valence electrons. The summed E-state index contributed by atoms with van der Waals surface area (Å²) in [6, 6.07) is 5.40. The molecular formula is C10H15NaO7S. The van der Waals surface area contributed by atoms with Gasteiger partial charge in [-0.15, -0.1) is 0 Å². The maximum Gasteiger partial charge on any atom is 1.00 e. The Balaban J connectivity index is 0. The molecule has 0 radical (unpaired) electrons. The summed E-state index contributed by atoms with van der Waals surface area (Å²) in [4.78, 5) is 0. The fourth-order valence-electron chi connectivity index (χ4n) is 0.944. The molecule has 0 N–H and O–H groups in total. The van der Waals surface area contributed by atoms with Gasteiger partial charge in [0.05, 0.1) is 28.4 Å². The van der Waals surface area contributed by atoms with E-state index in [-0.39, 0.29) is 29.6 Å². The normalized spacial score (nSPS) is 9.53. The fraction of sp³-hybridized carbons (Fsp3) is 0.400. The first-order chi connectivity index (χ1) is 8.37. The van der Waals surface area contributed by atoms with Crippen molar-refractivity contribution in [3.05, 3.63) is 18.2 Å². The van der Waals surface area contributed by atoms with Gasteiger partial charge in [0, 0.05) is 6.07 Å². The third kappa shape index (κ3) is 9.09. The molecule has 7 nitrogen and oxygen atoms in total. The van der Waals surface area contributed by atoms with Gasteiger partial charge in [0.2, 0.25) is 10.4 Å². The second-order valence-electron chi connectivity index (χ2n) is 2.80. The van der Waals surface area contributed by atoms with Crippen molar-refractivity contribution in [3.8, 4) is 17.2 Å². The van der Waals surface area contributed by atoms with Crippen molar-refractivity contribution in [2.45, 2.75) is 0 Å². The Morgan fingerprint density at radius 3 is 1.74 bits per heavy atom. The van der Waals surface area contributed by atoms with Crippen LogP contribution in [-0.4, -0.2) is 41.4 Å². The molecule has 0 atom stereocenters. The second-order valence-corrected chi connectivity index (χ2v) is 3.95. The van der Waals surface area contributed by atoms with E-state index in [1.807, 2.05) is 6.07 Å². The molecule has 0 fully saturated rings. The van der Waals surface area contributed by atoms with Crippen molar-refractivity contribution in [2.75, 3.05) is 28.4 Å². The van der Waals surface area contributed by atoms with Crippen LogP contribution in [-0.2, 0) is 14.6 Å². The van der Waals surface area contributed by atoms with E-state index in [2.05, 4.69) is 4.18 Å². The van der Waals surface area contributed by atoms with E-state index in [9.17, 15) is 13.0 Å². The van der Waals surface area contributed by atoms with Crippen LogP contribution < -0.4 is 43.8 Å². The Morgan fingerprint density at radius 1 is 0.947 bits per heavy atom. The van der Waals surface area contributed by atoms with Crippen LogP contribution in [0.25, 0.3) is 0 Å². The largest absolute Gasteiger partial charge is 1.00 e. The van der Waals surface area contributed by atoms with Gasteiger partial charge < -0.3 is 18.8 Å². The smallest absolute Gasteiger partial charge is 0.726 e. The predicted molar refractivity (Wildman–Crippen MR) is 62.8 cm³/mol. The van der Waals surface area contributed by atoms with E-state index < -0.39 is 10.4 Å². The van der Waals surface area contributed by atoms with Gasteiger partial charge in [-0.25, -0.2) is 8.42 Å². The summed E-state index contributed by atoms with van der Waals surface area (Å²) in [6.45, 7) is 0. The third-order valence-corrected chi connectivity index (χ3v) is 2.20. The number of hydrogen-bond donors (Lipinski definition) is 0. The molecule has 1 rings (SSSR count). The fourth-order valence-corrected chi connectivity index (χ4v) is 0.944. The third-order valence-electron chi connectivity index (χ3n) is 1.79. The standard InChI is InChI=1S/C9H12O3.CH4O4S.Na/c1-10-7-4-5-8(11-2)9(6-7)12-3;1-5-6(2,3)4;/h4-6H,1-3H3;1H3,(H,2,3,4);/q;;+1/p-1. The maximum atomic E-state index is 9.22. The van der Waals surface area contributed by atoms with Gasteiger partial charge in [-0.05, 0) is 12.1 Å². The van der Waals surface area contributed by atoms with Crippen LogP contribution >= 0.6 is 0 Å². The number of methoxy groups -OCH3 is 3. The first-order valence-corrected chi connectivity index (χ1v) is 5.98. The van der Waals surface area contributed by atoms with Crippen molar-refractivity contribution in [2.24, 2.45) is 0 Å². The molecule has 0 saturated carbocycles. The number of ether oxygens (including phenoxy) is 3. The summed E-state index contributed by atoms with van der Waals surface area (Å²) in [5, 5.41) is 0. The van der Waals surface area contributed by atoms with Crippen LogP contribution in [0.15, 0.2) is 18.2 Å². The van der Waals surface area contributed by atoms with Gasteiger partial charge in [-0.3, -0.25) is 4.18 Å². The van der Waals surface area contributed by atoms with Gasteiger partial charge in [0.1, 0.15) is 5.75 Å². The van der Waals surface area contributed by atoms with Gasteiger partial charge >= 0.3 is 29.6 Å². The van der Waals surface area contributed by atoms with Gasteiger partial charge in [0.25, 0.3) is 0 Å². The minimum Gasteiger partial charge on any atom is -0.726 e. The van der Waals surface area contributed by atoms with Crippen molar-refractivity contribution in [1.29, 1.82) is 0 Å². The zero-order chi connectivity index (χ0) is 14.2. The summed E-state index contributed by atoms with van der Waals surface area (Å²) >= 11 is 0. The number of rotatable bonds is 4. The SMILES string of the molecule is COS(=O)(=O)[O-].COc1ccc(OC)c(OC)c1.[Na+]. The zero-order valence-electron chi connectivity index (χ0n) is 11.5. The summed E-state index contributed by atoms with van der Waals surface area (Å²) < 4.78 is 46.2. The van der Waals surface area contributed by atoms with Crippen LogP contribution in [0.4, 0.5) is 0 Å². The minimum atomic E-state index is -4.41. The van der Waals surface area contributed by atoms with Gasteiger partial charge in [0.15, 0.2) is 11.5 Å². The monoisotopic (exact) mass is 302 g/mol. The molecule has 0 aliphatic carbocycles. The second kappa shape index (κ2) is 10.3. The van der Waals surface area contributed by atoms with E-state index in [0.717, 1.165) is 12.9 Å². The Kier molecular flexibility index (Phi) is 11.3. The summed E-state index contributed by atoms with van der Waals surface area (Å²) in [6.07, 6.45) is 0. The molecule has 0 unspecified atom stereocenters. The molecule has 1 aromatic rings. The van der Waals surface area contributed by atoms with Crippen LogP contribution in [0.3, 0.4) is 0 Å². The predicted octanol–water partition coefficient (Wildman–Crippen LogP) is -2.19. The zero-order valence-corrected chi connectivity index (χ0v) is 14.3. The van der Waals surface area contributed by atoms with Crippen LogP contribution in [0.5, 0.6) is 17.2 Å². The number of benzene rings is 1. The first-order valence-electron chi connectivity index (χ1n) is 4.65. The molecule has 0 aromatic heterocycles. The minimum absolute atomic E-state index is 0. The van der Waals surface area contributed by atoms with E-state index in [4.69, 9.17) is 14.2 Å². The Hall–Kier alpha value is -0.510. The van der Waals surface area contributed by atoms with Gasteiger partial charge in [-0.1, -0.05) is 0 Å². The van der Waals surface area contributed by atoms with Crippen molar-refractivity contribution >= 4 is 10.4 Å².